The SMILES string of the molecule is CCn1c2ccccc2c2cc(C=CCNC(=O)OCc3ccccc3)ccc21. The van der Waals surface area contributed by atoms with E-state index in [1.807, 2.05) is 42.5 Å². The van der Waals surface area contributed by atoms with Crippen LogP contribution in [-0.4, -0.2) is 17.2 Å². The van der Waals surface area contributed by atoms with E-state index in [4.69, 9.17) is 4.74 Å². The molecule has 4 heteroatoms. The quantitative estimate of drug-likeness (QED) is 0.460. The molecule has 4 nitrogen and oxygen atoms in total. The van der Waals surface area contributed by atoms with Gasteiger partial charge in [0.05, 0.1) is 0 Å². The van der Waals surface area contributed by atoms with Gasteiger partial charge in [-0.2, -0.15) is 0 Å². The fourth-order valence-electron chi connectivity index (χ4n) is 3.63. The second-order valence-electron chi connectivity index (χ2n) is 6.88. The third kappa shape index (κ3) is 4.16. The summed E-state index contributed by atoms with van der Waals surface area (Å²) in [7, 11) is 0. The summed E-state index contributed by atoms with van der Waals surface area (Å²) in [4.78, 5) is 11.8. The Bertz CT molecular complexity index is 1160. The molecule has 1 N–H and O–H groups in total. The van der Waals surface area contributed by atoms with E-state index in [1.54, 1.807) is 0 Å². The third-order valence-electron chi connectivity index (χ3n) is 5.00. The number of amides is 1. The van der Waals surface area contributed by atoms with Crippen LogP contribution in [0, 0.1) is 0 Å². The van der Waals surface area contributed by atoms with Crippen molar-refractivity contribution in [2.45, 2.75) is 20.1 Å². The van der Waals surface area contributed by atoms with Crippen molar-refractivity contribution >= 4 is 34.0 Å². The number of ether oxygens (including phenoxy) is 1. The van der Waals surface area contributed by atoms with Crippen LogP contribution >= 0.6 is 0 Å². The summed E-state index contributed by atoms with van der Waals surface area (Å²) in [5.74, 6) is 0. The van der Waals surface area contributed by atoms with Crippen molar-refractivity contribution in [1.29, 1.82) is 0 Å². The van der Waals surface area contributed by atoms with Gasteiger partial charge >= 0.3 is 6.09 Å². The van der Waals surface area contributed by atoms with Gasteiger partial charge in [0.2, 0.25) is 0 Å². The molecule has 0 fully saturated rings. The maximum absolute atomic E-state index is 11.8. The Morgan fingerprint density at radius 2 is 1.72 bits per heavy atom. The first-order chi connectivity index (χ1) is 14.3. The molecule has 0 unspecified atom stereocenters. The number of aromatic nitrogens is 1. The Balaban J connectivity index is 1.39. The smallest absolute Gasteiger partial charge is 0.407 e. The van der Waals surface area contributed by atoms with Crippen LogP contribution in [0.25, 0.3) is 27.9 Å². The number of carbonyl (C=O) groups is 1. The van der Waals surface area contributed by atoms with Crippen LogP contribution in [0.1, 0.15) is 18.1 Å². The van der Waals surface area contributed by atoms with Crippen LogP contribution < -0.4 is 5.32 Å². The van der Waals surface area contributed by atoms with Gasteiger partial charge in [0.15, 0.2) is 0 Å². The number of para-hydroxylation sites is 1. The summed E-state index contributed by atoms with van der Waals surface area (Å²) >= 11 is 0. The summed E-state index contributed by atoms with van der Waals surface area (Å²) in [5, 5.41) is 5.27. The fourth-order valence-corrected chi connectivity index (χ4v) is 3.63. The number of carbonyl (C=O) groups excluding carboxylic acids is 1. The van der Waals surface area contributed by atoms with Crippen LogP contribution in [0.15, 0.2) is 78.9 Å². The van der Waals surface area contributed by atoms with Crippen LogP contribution in [-0.2, 0) is 17.9 Å². The summed E-state index contributed by atoms with van der Waals surface area (Å²) < 4.78 is 7.55. The van der Waals surface area contributed by atoms with Gasteiger partial charge in [-0.05, 0) is 36.2 Å². The first-order valence-electron chi connectivity index (χ1n) is 9.88. The molecule has 0 aliphatic carbocycles. The minimum absolute atomic E-state index is 0.272. The Hall–Kier alpha value is -3.53. The van der Waals surface area contributed by atoms with Gasteiger partial charge in [0, 0.05) is 34.9 Å². The fraction of sp³-hybridized carbons (Fsp3) is 0.160. The first-order valence-corrected chi connectivity index (χ1v) is 9.88. The van der Waals surface area contributed by atoms with E-state index in [-0.39, 0.29) is 6.61 Å². The van der Waals surface area contributed by atoms with Gasteiger partial charge in [-0.15, -0.1) is 0 Å². The summed E-state index contributed by atoms with van der Waals surface area (Å²) in [6.45, 7) is 3.80. The molecule has 0 radical (unpaired) electrons. The summed E-state index contributed by atoms with van der Waals surface area (Å²) in [5.41, 5.74) is 4.58. The van der Waals surface area contributed by atoms with Crippen LogP contribution in [0.3, 0.4) is 0 Å². The van der Waals surface area contributed by atoms with Gasteiger partial charge < -0.3 is 14.6 Å². The predicted octanol–water partition coefficient (Wildman–Crippen LogP) is 5.75. The Labute approximate surface area is 170 Å². The lowest BCUT2D eigenvalue weighted by Gasteiger charge is -2.05. The van der Waals surface area contributed by atoms with Gasteiger partial charge in [-0.1, -0.05) is 66.7 Å². The number of hydrogen-bond acceptors (Lipinski definition) is 2. The molecule has 0 aliphatic rings. The number of alkyl carbamates (subject to hydrolysis) is 1. The maximum atomic E-state index is 11.8. The summed E-state index contributed by atoms with van der Waals surface area (Å²) in [6.07, 6.45) is 3.54. The van der Waals surface area contributed by atoms with Crippen molar-refractivity contribution in [3.63, 3.8) is 0 Å². The molecule has 0 spiro atoms. The number of fused-ring (bicyclic) bond motifs is 3. The molecule has 0 bridgehead atoms. The monoisotopic (exact) mass is 384 g/mol. The van der Waals surface area contributed by atoms with Crippen molar-refractivity contribution < 1.29 is 9.53 Å². The molecule has 29 heavy (non-hydrogen) atoms. The molecule has 1 aromatic heterocycles. The van der Waals surface area contributed by atoms with Gasteiger partial charge in [0.1, 0.15) is 6.61 Å². The molecule has 0 saturated carbocycles. The highest BCUT2D eigenvalue weighted by Crippen LogP contribution is 2.29. The van der Waals surface area contributed by atoms with E-state index in [0.29, 0.717) is 6.54 Å². The first kappa shape index (κ1) is 18.8. The van der Waals surface area contributed by atoms with Gasteiger partial charge in [-0.25, -0.2) is 4.79 Å². The molecule has 4 aromatic rings. The van der Waals surface area contributed by atoms with Crippen molar-refractivity contribution in [3.05, 3.63) is 90.0 Å². The number of aryl methyl sites for hydroxylation is 1. The molecule has 1 heterocycles. The Morgan fingerprint density at radius 1 is 0.966 bits per heavy atom. The standard InChI is InChI=1S/C25H24N2O2/c1-2-27-23-13-7-6-12-21(23)22-17-19(14-15-24(22)27)11-8-16-26-25(28)29-18-20-9-4-3-5-10-20/h3-15,17H,2,16,18H2,1H3,(H,26,28). The molecule has 0 saturated heterocycles. The summed E-state index contributed by atoms with van der Waals surface area (Å²) in [6, 6.07) is 24.6. The lowest BCUT2D eigenvalue weighted by Crippen LogP contribution is -2.24. The zero-order chi connectivity index (χ0) is 20.1. The highest BCUT2D eigenvalue weighted by Gasteiger charge is 2.08. The average Bonchev–Trinajstić information content (AvgIpc) is 3.09. The zero-order valence-corrected chi connectivity index (χ0v) is 16.5. The highest BCUT2D eigenvalue weighted by molar-refractivity contribution is 6.08. The molecular weight excluding hydrogens is 360 g/mol. The lowest BCUT2D eigenvalue weighted by molar-refractivity contribution is 0.141. The topological polar surface area (TPSA) is 43.3 Å². The van der Waals surface area contributed by atoms with E-state index in [1.165, 1.54) is 21.8 Å². The van der Waals surface area contributed by atoms with E-state index < -0.39 is 6.09 Å². The number of rotatable bonds is 6. The molecule has 0 aliphatic heterocycles. The third-order valence-corrected chi connectivity index (χ3v) is 5.00. The van der Waals surface area contributed by atoms with Crippen molar-refractivity contribution in [3.8, 4) is 0 Å². The Kier molecular flexibility index (Phi) is 5.61. The maximum Gasteiger partial charge on any atom is 0.407 e. The van der Waals surface area contributed by atoms with Crippen molar-refractivity contribution in [2.75, 3.05) is 6.54 Å². The molecule has 0 atom stereocenters. The van der Waals surface area contributed by atoms with E-state index in [9.17, 15) is 4.79 Å². The molecule has 1 amide bonds. The van der Waals surface area contributed by atoms with E-state index >= 15 is 0 Å². The van der Waals surface area contributed by atoms with Crippen molar-refractivity contribution in [2.24, 2.45) is 0 Å². The van der Waals surface area contributed by atoms with E-state index in [2.05, 4.69) is 59.3 Å². The molecule has 4 rings (SSSR count). The van der Waals surface area contributed by atoms with Crippen LogP contribution in [0.5, 0.6) is 0 Å². The van der Waals surface area contributed by atoms with Crippen molar-refractivity contribution in [1.82, 2.24) is 9.88 Å². The lowest BCUT2D eigenvalue weighted by atomic mass is 10.1. The predicted molar refractivity (Wildman–Crippen MR) is 119 cm³/mol. The van der Waals surface area contributed by atoms with Gasteiger partial charge in [0.25, 0.3) is 0 Å². The second kappa shape index (κ2) is 8.65. The normalized spacial score (nSPS) is 11.3. The minimum atomic E-state index is -0.417. The number of nitrogens with one attached hydrogen (secondary N) is 1. The minimum Gasteiger partial charge on any atom is -0.445 e. The molecule has 3 aromatic carbocycles. The zero-order valence-electron chi connectivity index (χ0n) is 16.5. The largest absolute Gasteiger partial charge is 0.445 e. The van der Waals surface area contributed by atoms with E-state index in [0.717, 1.165) is 17.7 Å². The number of hydrogen-bond donors (Lipinski definition) is 1. The van der Waals surface area contributed by atoms with Gasteiger partial charge in [-0.3, -0.25) is 0 Å². The molecule has 146 valence electrons. The molecular formula is C25H24N2O2. The van der Waals surface area contributed by atoms with Crippen LogP contribution in [0.4, 0.5) is 4.79 Å². The number of benzene rings is 3. The number of nitrogens with zero attached hydrogens (tertiary/aromatic N) is 1. The average molecular weight is 384 g/mol. The van der Waals surface area contributed by atoms with Crippen LogP contribution in [0.2, 0.25) is 0 Å². The highest BCUT2D eigenvalue weighted by atomic mass is 16.5. The second-order valence-corrected chi connectivity index (χ2v) is 6.88. The Morgan fingerprint density at radius 3 is 2.55 bits per heavy atom.